The van der Waals surface area contributed by atoms with Crippen LogP contribution in [0, 0.1) is 0 Å². The summed E-state index contributed by atoms with van der Waals surface area (Å²) in [7, 11) is 0. The lowest BCUT2D eigenvalue weighted by molar-refractivity contribution is 0.0952. The highest BCUT2D eigenvalue weighted by Crippen LogP contribution is 2.23. The Kier molecular flexibility index (Phi) is 5.51. The first kappa shape index (κ1) is 17.9. The van der Waals surface area contributed by atoms with Crippen molar-refractivity contribution in [2.75, 3.05) is 11.9 Å². The standard InChI is InChI=1S/C20H24N4O2/c1-3-12-21-19(25)17-16-11-7-8-13-24(16)18(23-17)20(26)22-15-10-6-5-9-14(15)4-2/h3,5-6,9-10H,1,4,7-8,11-13H2,2H3,(H,21,25)(H,22,26). The van der Waals surface area contributed by atoms with Crippen LogP contribution in [-0.4, -0.2) is 27.9 Å². The first-order valence-corrected chi connectivity index (χ1v) is 9.03. The first-order chi connectivity index (χ1) is 12.7. The molecule has 6 nitrogen and oxygen atoms in total. The predicted molar refractivity (Wildman–Crippen MR) is 101 cm³/mol. The van der Waals surface area contributed by atoms with E-state index in [1.54, 1.807) is 6.08 Å². The highest BCUT2D eigenvalue weighted by molar-refractivity contribution is 6.04. The molecule has 0 bridgehead atoms. The van der Waals surface area contributed by atoms with Crippen molar-refractivity contribution in [3.63, 3.8) is 0 Å². The van der Waals surface area contributed by atoms with E-state index in [-0.39, 0.29) is 11.8 Å². The van der Waals surface area contributed by atoms with E-state index in [1.807, 2.05) is 35.8 Å². The number of amides is 2. The van der Waals surface area contributed by atoms with Gasteiger partial charge in [0.1, 0.15) is 5.69 Å². The van der Waals surface area contributed by atoms with Crippen LogP contribution in [0.2, 0.25) is 0 Å². The molecule has 0 fully saturated rings. The summed E-state index contributed by atoms with van der Waals surface area (Å²) in [6.07, 6.45) is 5.17. The van der Waals surface area contributed by atoms with E-state index in [2.05, 4.69) is 22.2 Å². The number of nitrogens with zero attached hydrogens (tertiary/aromatic N) is 2. The molecule has 2 amide bonds. The molecule has 26 heavy (non-hydrogen) atoms. The van der Waals surface area contributed by atoms with E-state index in [0.29, 0.717) is 24.6 Å². The van der Waals surface area contributed by atoms with Gasteiger partial charge in [0.05, 0.1) is 5.69 Å². The number of rotatable bonds is 6. The van der Waals surface area contributed by atoms with Crippen LogP contribution in [0.5, 0.6) is 0 Å². The number of benzene rings is 1. The lowest BCUT2D eigenvalue weighted by atomic mass is 10.1. The maximum absolute atomic E-state index is 12.9. The molecule has 0 radical (unpaired) electrons. The fourth-order valence-electron chi connectivity index (χ4n) is 3.28. The zero-order valence-corrected chi connectivity index (χ0v) is 15.0. The summed E-state index contributed by atoms with van der Waals surface area (Å²) >= 11 is 0. The van der Waals surface area contributed by atoms with Gasteiger partial charge in [-0.25, -0.2) is 4.98 Å². The second kappa shape index (κ2) is 7.99. The van der Waals surface area contributed by atoms with Gasteiger partial charge < -0.3 is 15.2 Å². The van der Waals surface area contributed by atoms with Crippen LogP contribution in [0.4, 0.5) is 5.69 Å². The first-order valence-electron chi connectivity index (χ1n) is 9.03. The van der Waals surface area contributed by atoms with Crippen LogP contribution in [0.1, 0.15) is 52.1 Å². The number of imidazole rings is 1. The summed E-state index contributed by atoms with van der Waals surface area (Å²) in [6, 6.07) is 7.72. The third-order valence-corrected chi connectivity index (χ3v) is 4.59. The van der Waals surface area contributed by atoms with Gasteiger partial charge in [-0.1, -0.05) is 31.2 Å². The number of aromatic nitrogens is 2. The molecule has 1 aliphatic heterocycles. The Morgan fingerprint density at radius 1 is 1.27 bits per heavy atom. The highest BCUT2D eigenvalue weighted by Gasteiger charge is 2.27. The van der Waals surface area contributed by atoms with Crippen molar-refractivity contribution in [1.82, 2.24) is 14.9 Å². The normalized spacial score (nSPS) is 13.0. The number of carbonyl (C=O) groups is 2. The Morgan fingerprint density at radius 3 is 2.85 bits per heavy atom. The average molecular weight is 352 g/mol. The third-order valence-electron chi connectivity index (χ3n) is 4.59. The fourth-order valence-corrected chi connectivity index (χ4v) is 3.28. The molecule has 2 N–H and O–H groups in total. The molecule has 1 aromatic heterocycles. The summed E-state index contributed by atoms with van der Waals surface area (Å²) in [5.74, 6) is -0.241. The van der Waals surface area contributed by atoms with Crippen molar-refractivity contribution in [2.24, 2.45) is 0 Å². The monoisotopic (exact) mass is 352 g/mol. The lowest BCUT2D eigenvalue weighted by Crippen LogP contribution is -2.25. The van der Waals surface area contributed by atoms with E-state index >= 15 is 0 Å². The van der Waals surface area contributed by atoms with Crippen LogP contribution < -0.4 is 10.6 Å². The largest absolute Gasteiger partial charge is 0.347 e. The number of hydrogen-bond donors (Lipinski definition) is 2. The number of nitrogens with one attached hydrogen (secondary N) is 2. The van der Waals surface area contributed by atoms with E-state index in [1.165, 1.54) is 0 Å². The Labute approximate surface area is 153 Å². The van der Waals surface area contributed by atoms with E-state index < -0.39 is 0 Å². The highest BCUT2D eigenvalue weighted by atomic mass is 16.2. The number of aryl methyl sites for hydroxylation is 1. The Hall–Kier alpha value is -2.89. The van der Waals surface area contributed by atoms with Crippen molar-refractivity contribution in [2.45, 2.75) is 39.2 Å². The van der Waals surface area contributed by atoms with Crippen LogP contribution in [0.25, 0.3) is 0 Å². The second-order valence-electron chi connectivity index (χ2n) is 6.30. The second-order valence-corrected chi connectivity index (χ2v) is 6.30. The molecule has 2 heterocycles. The maximum Gasteiger partial charge on any atom is 0.291 e. The molecule has 6 heteroatoms. The number of hydrogen-bond acceptors (Lipinski definition) is 3. The van der Waals surface area contributed by atoms with E-state index in [0.717, 1.165) is 42.6 Å². The summed E-state index contributed by atoms with van der Waals surface area (Å²) < 4.78 is 1.89. The van der Waals surface area contributed by atoms with Crippen LogP contribution in [-0.2, 0) is 19.4 Å². The Morgan fingerprint density at radius 2 is 2.08 bits per heavy atom. The number of para-hydroxylation sites is 1. The molecule has 3 rings (SSSR count). The molecule has 0 atom stereocenters. The van der Waals surface area contributed by atoms with Gasteiger partial charge in [0.15, 0.2) is 5.82 Å². The molecule has 1 aliphatic rings. The van der Waals surface area contributed by atoms with Crippen LogP contribution in [0.3, 0.4) is 0 Å². The van der Waals surface area contributed by atoms with Gasteiger partial charge in [0.25, 0.3) is 11.8 Å². The topological polar surface area (TPSA) is 76.0 Å². The molecule has 2 aromatic rings. The van der Waals surface area contributed by atoms with E-state index in [9.17, 15) is 9.59 Å². The van der Waals surface area contributed by atoms with Crippen LogP contribution >= 0.6 is 0 Å². The molecular formula is C20H24N4O2. The molecular weight excluding hydrogens is 328 g/mol. The molecule has 0 aliphatic carbocycles. The minimum Gasteiger partial charge on any atom is -0.347 e. The summed E-state index contributed by atoms with van der Waals surface area (Å²) in [5.41, 5.74) is 3.04. The Bertz CT molecular complexity index is 838. The van der Waals surface area contributed by atoms with Gasteiger partial charge in [0, 0.05) is 18.8 Å². The van der Waals surface area contributed by atoms with Gasteiger partial charge in [-0.05, 0) is 37.3 Å². The zero-order valence-electron chi connectivity index (χ0n) is 15.0. The van der Waals surface area contributed by atoms with Gasteiger partial charge in [-0.2, -0.15) is 0 Å². The SMILES string of the molecule is C=CCNC(=O)c1nc(C(=O)Nc2ccccc2CC)n2c1CCCC2. The molecule has 136 valence electrons. The zero-order chi connectivity index (χ0) is 18.5. The summed E-state index contributed by atoms with van der Waals surface area (Å²) in [4.78, 5) is 29.7. The minimum atomic E-state index is -0.281. The number of anilines is 1. The van der Waals surface area contributed by atoms with Crippen molar-refractivity contribution in [3.8, 4) is 0 Å². The van der Waals surface area contributed by atoms with Gasteiger partial charge in [-0.3, -0.25) is 9.59 Å². The molecule has 1 aromatic carbocycles. The minimum absolute atomic E-state index is 0.261. The smallest absolute Gasteiger partial charge is 0.291 e. The molecule has 0 saturated carbocycles. The number of fused-ring (bicyclic) bond motifs is 1. The third kappa shape index (κ3) is 3.54. The van der Waals surface area contributed by atoms with Gasteiger partial charge in [-0.15, -0.1) is 6.58 Å². The average Bonchev–Trinajstić information content (AvgIpc) is 3.06. The van der Waals surface area contributed by atoms with Crippen LogP contribution in [0.15, 0.2) is 36.9 Å². The lowest BCUT2D eigenvalue weighted by Gasteiger charge is -2.17. The molecule has 0 saturated heterocycles. The summed E-state index contributed by atoms with van der Waals surface area (Å²) in [6.45, 7) is 6.73. The molecule has 0 unspecified atom stereocenters. The summed E-state index contributed by atoms with van der Waals surface area (Å²) in [5, 5.41) is 5.71. The van der Waals surface area contributed by atoms with Crippen molar-refractivity contribution in [1.29, 1.82) is 0 Å². The number of carbonyl (C=O) groups excluding carboxylic acids is 2. The fraction of sp³-hybridized carbons (Fsp3) is 0.350. The van der Waals surface area contributed by atoms with E-state index in [4.69, 9.17) is 0 Å². The van der Waals surface area contributed by atoms with Gasteiger partial charge in [0.2, 0.25) is 0 Å². The van der Waals surface area contributed by atoms with Gasteiger partial charge >= 0.3 is 0 Å². The van der Waals surface area contributed by atoms with Crippen molar-refractivity contribution >= 4 is 17.5 Å². The van der Waals surface area contributed by atoms with Crippen molar-refractivity contribution in [3.05, 3.63) is 59.7 Å². The maximum atomic E-state index is 12.9. The van der Waals surface area contributed by atoms with Crippen molar-refractivity contribution < 1.29 is 9.59 Å². The quantitative estimate of drug-likeness (QED) is 0.785. The molecule has 0 spiro atoms. The Balaban J connectivity index is 1.91. The predicted octanol–water partition coefficient (Wildman–Crippen LogP) is 2.95.